The van der Waals surface area contributed by atoms with Gasteiger partial charge in [0, 0.05) is 6.54 Å². The normalized spacial score (nSPS) is 11.2. The van der Waals surface area contributed by atoms with Crippen LogP contribution in [-0.2, 0) is 10.0 Å². The minimum atomic E-state index is -3.71. The first kappa shape index (κ1) is 19.1. The van der Waals surface area contributed by atoms with Crippen LogP contribution in [0.3, 0.4) is 0 Å². The molecule has 2 rings (SSSR count). The molecule has 7 heteroatoms. The maximum absolute atomic E-state index is 12.7. The minimum Gasteiger partial charge on any atom is -0.496 e. The Morgan fingerprint density at radius 2 is 1.92 bits per heavy atom. The van der Waals surface area contributed by atoms with Gasteiger partial charge in [0.2, 0.25) is 0 Å². The molecule has 0 atom stereocenters. The number of methoxy groups -OCH3 is 1. The van der Waals surface area contributed by atoms with Crippen LogP contribution in [0.4, 0.5) is 11.5 Å². The Bertz CT molecular complexity index is 818. The third-order valence-corrected chi connectivity index (χ3v) is 5.34. The first-order chi connectivity index (χ1) is 11.9. The van der Waals surface area contributed by atoms with E-state index in [4.69, 9.17) is 4.74 Å². The molecule has 0 saturated carbocycles. The van der Waals surface area contributed by atoms with Crippen molar-refractivity contribution in [1.29, 1.82) is 0 Å². The van der Waals surface area contributed by atoms with Crippen molar-refractivity contribution in [3.05, 3.63) is 41.6 Å². The van der Waals surface area contributed by atoms with Crippen molar-refractivity contribution in [2.45, 2.75) is 38.5 Å². The molecule has 1 heterocycles. The van der Waals surface area contributed by atoms with Crippen molar-refractivity contribution >= 4 is 21.5 Å². The Morgan fingerprint density at radius 3 is 2.52 bits per heavy atom. The van der Waals surface area contributed by atoms with Gasteiger partial charge in [-0.1, -0.05) is 13.3 Å². The van der Waals surface area contributed by atoms with Crippen LogP contribution < -0.4 is 14.8 Å². The number of sulfonamides is 1. The number of anilines is 2. The number of hydrogen-bond acceptors (Lipinski definition) is 5. The molecule has 1 aromatic heterocycles. The Morgan fingerprint density at radius 1 is 1.16 bits per heavy atom. The number of rotatable bonds is 8. The van der Waals surface area contributed by atoms with Crippen molar-refractivity contribution < 1.29 is 13.2 Å². The fourth-order valence-electron chi connectivity index (χ4n) is 2.43. The van der Waals surface area contributed by atoms with Gasteiger partial charge in [0.05, 0.1) is 23.9 Å². The van der Waals surface area contributed by atoms with Crippen LogP contribution in [0.1, 0.15) is 30.9 Å². The molecule has 6 nitrogen and oxygen atoms in total. The summed E-state index contributed by atoms with van der Waals surface area (Å²) in [7, 11) is -2.15. The summed E-state index contributed by atoms with van der Waals surface area (Å²) in [5.74, 6) is 0.950. The van der Waals surface area contributed by atoms with Crippen LogP contribution in [-0.4, -0.2) is 27.1 Å². The van der Waals surface area contributed by atoms with Crippen molar-refractivity contribution in [3.8, 4) is 5.75 Å². The highest BCUT2D eigenvalue weighted by Gasteiger charge is 2.19. The first-order valence-corrected chi connectivity index (χ1v) is 9.73. The third kappa shape index (κ3) is 4.85. The number of benzene rings is 1. The zero-order chi connectivity index (χ0) is 18.4. The second-order valence-corrected chi connectivity index (χ2v) is 7.56. The topological polar surface area (TPSA) is 80.3 Å². The molecule has 0 bridgehead atoms. The molecule has 0 aliphatic rings. The summed E-state index contributed by atoms with van der Waals surface area (Å²) < 4.78 is 33.1. The van der Waals surface area contributed by atoms with E-state index in [0.717, 1.165) is 30.6 Å². The van der Waals surface area contributed by atoms with E-state index in [-0.39, 0.29) is 10.7 Å². The zero-order valence-electron chi connectivity index (χ0n) is 15.1. The predicted octanol–water partition coefficient (Wildman–Crippen LogP) is 3.72. The largest absolute Gasteiger partial charge is 0.496 e. The van der Waals surface area contributed by atoms with Gasteiger partial charge in [0.1, 0.15) is 11.6 Å². The van der Waals surface area contributed by atoms with Crippen molar-refractivity contribution in [2.24, 2.45) is 0 Å². The zero-order valence-corrected chi connectivity index (χ0v) is 15.9. The summed E-state index contributed by atoms with van der Waals surface area (Å²) in [6.07, 6.45) is 3.81. The van der Waals surface area contributed by atoms with E-state index >= 15 is 0 Å². The minimum absolute atomic E-state index is 0.220. The maximum Gasteiger partial charge on any atom is 0.263 e. The van der Waals surface area contributed by atoms with Gasteiger partial charge in [0.25, 0.3) is 10.0 Å². The lowest BCUT2D eigenvalue weighted by atomic mass is 10.1. The molecule has 0 spiro atoms. The monoisotopic (exact) mass is 363 g/mol. The lowest BCUT2D eigenvalue weighted by Crippen LogP contribution is -2.15. The number of nitrogens with zero attached hydrogens (tertiary/aromatic N) is 1. The number of aryl methyl sites for hydroxylation is 2. The summed E-state index contributed by atoms with van der Waals surface area (Å²) in [5, 5.41) is 3.24. The Kier molecular flexibility index (Phi) is 6.25. The Balaban J connectivity index is 2.17. The highest BCUT2D eigenvalue weighted by atomic mass is 32.2. The Labute approximate surface area is 149 Å². The molecule has 25 heavy (non-hydrogen) atoms. The third-order valence-electron chi connectivity index (χ3n) is 3.84. The van der Waals surface area contributed by atoms with Gasteiger partial charge in [-0.3, -0.25) is 4.72 Å². The Hall–Kier alpha value is -2.28. The molecule has 0 radical (unpaired) electrons. The molecule has 0 fully saturated rings. The van der Waals surface area contributed by atoms with E-state index in [9.17, 15) is 8.42 Å². The van der Waals surface area contributed by atoms with Gasteiger partial charge in [0.15, 0.2) is 0 Å². The van der Waals surface area contributed by atoms with E-state index in [1.165, 1.54) is 0 Å². The van der Waals surface area contributed by atoms with Gasteiger partial charge in [-0.05, 0) is 55.7 Å². The van der Waals surface area contributed by atoms with E-state index in [2.05, 4.69) is 21.9 Å². The second-order valence-electron chi connectivity index (χ2n) is 5.91. The van der Waals surface area contributed by atoms with Crippen LogP contribution in [0, 0.1) is 13.8 Å². The highest BCUT2D eigenvalue weighted by Crippen LogP contribution is 2.26. The van der Waals surface area contributed by atoms with Crippen LogP contribution in [0.2, 0.25) is 0 Å². The number of nitrogens with one attached hydrogen (secondary N) is 2. The van der Waals surface area contributed by atoms with Gasteiger partial charge in [-0.25, -0.2) is 13.4 Å². The smallest absolute Gasteiger partial charge is 0.263 e. The fourth-order valence-corrected chi connectivity index (χ4v) is 3.75. The standard InChI is InChI=1S/C18H25N3O3S/c1-5-6-9-19-15-7-8-18(20-12-15)21-25(22,23)17-11-13(2)16(24-4)10-14(17)3/h7-8,10-12,19H,5-6,9H2,1-4H3,(H,20,21). The first-order valence-electron chi connectivity index (χ1n) is 8.25. The molecule has 136 valence electrons. The molecule has 0 unspecified atom stereocenters. The summed E-state index contributed by atoms with van der Waals surface area (Å²) in [6, 6.07) is 6.79. The van der Waals surface area contributed by atoms with Crippen LogP contribution in [0.15, 0.2) is 35.4 Å². The fraction of sp³-hybridized carbons (Fsp3) is 0.389. The molecule has 1 aromatic carbocycles. The lowest BCUT2D eigenvalue weighted by molar-refractivity contribution is 0.411. The number of hydrogen-bond donors (Lipinski definition) is 2. The van der Waals surface area contributed by atoms with Gasteiger partial charge in [-0.15, -0.1) is 0 Å². The van der Waals surface area contributed by atoms with Gasteiger partial charge >= 0.3 is 0 Å². The van der Waals surface area contributed by atoms with Gasteiger partial charge in [-0.2, -0.15) is 0 Å². The number of ether oxygens (including phenoxy) is 1. The summed E-state index contributed by atoms with van der Waals surface area (Å²) in [6.45, 7) is 6.55. The SMILES string of the molecule is CCCCNc1ccc(NS(=O)(=O)c2cc(C)c(OC)cc2C)nc1. The van der Waals surface area contributed by atoms with Crippen molar-refractivity contribution in [1.82, 2.24) is 4.98 Å². The second kappa shape index (κ2) is 8.20. The van der Waals surface area contributed by atoms with E-state index in [1.807, 2.05) is 13.0 Å². The van der Waals surface area contributed by atoms with Gasteiger partial charge < -0.3 is 10.1 Å². The van der Waals surface area contributed by atoms with E-state index in [0.29, 0.717) is 11.3 Å². The number of aromatic nitrogens is 1. The van der Waals surface area contributed by atoms with Crippen LogP contribution in [0.25, 0.3) is 0 Å². The van der Waals surface area contributed by atoms with Crippen molar-refractivity contribution in [3.63, 3.8) is 0 Å². The average molecular weight is 363 g/mol. The molecule has 0 amide bonds. The van der Waals surface area contributed by atoms with Crippen LogP contribution >= 0.6 is 0 Å². The molecule has 0 aliphatic carbocycles. The maximum atomic E-state index is 12.7. The molecule has 2 N–H and O–H groups in total. The molecule has 0 saturated heterocycles. The van der Waals surface area contributed by atoms with Crippen molar-refractivity contribution in [2.75, 3.05) is 23.7 Å². The number of unbranched alkanes of at least 4 members (excludes halogenated alkanes) is 1. The van der Waals surface area contributed by atoms with Crippen LogP contribution in [0.5, 0.6) is 5.75 Å². The summed E-state index contributed by atoms with van der Waals surface area (Å²) >= 11 is 0. The van der Waals surface area contributed by atoms with E-state index < -0.39 is 10.0 Å². The molecular formula is C18H25N3O3S. The average Bonchev–Trinajstić information content (AvgIpc) is 2.58. The summed E-state index contributed by atoms with van der Waals surface area (Å²) in [5.41, 5.74) is 2.25. The predicted molar refractivity (Wildman–Crippen MR) is 101 cm³/mol. The number of pyridine rings is 1. The molecule has 2 aromatic rings. The quantitative estimate of drug-likeness (QED) is 0.699. The lowest BCUT2D eigenvalue weighted by Gasteiger charge is -2.13. The molecule has 0 aliphatic heterocycles. The van der Waals surface area contributed by atoms with E-state index in [1.54, 1.807) is 38.4 Å². The molecular weight excluding hydrogens is 338 g/mol. The highest BCUT2D eigenvalue weighted by molar-refractivity contribution is 7.92. The summed E-state index contributed by atoms with van der Waals surface area (Å²) in [4.78, 5) is 4.40.